The predicted molar refractivity (Wildman–Crippen MR) is 130 cm³/mol. The highest BCUT2D eigenvalue weighted by Gasteiger charge is 2.46. The molecule has 1 N–H and O–H groups in total. The molecule has 0 bridgehead atoms. The summed E-state index contributed by atoms with van der Waals surface area (Å²) in [5, 5.41) is 4.16. The smallest absolute Gasteiger partial charge is 0.332 e. The molecule has 1 aliphatic carbocycles. The molecule has 190 valence electrons. The van der Waals surface area contributed by atoms with E-state index in [1.54, 1.807) is 36.6 Å². The summed E-state index contributed by atoms with van der Waals surface area (Å²) >= 11 is 0. The monoisotopic (exact) mass is 515 g/mol. The zero-order valence-corrected chi connectivity index (χ0v) is 20.7. The minimum absolute atomic E-state index is 0.0331. The van der Waals surface area contributed by atoms with Crippen molar-refractivity contribution in [3.05, 3.63) is 75.2 Å². The largest absolute Gasteiger partial charge is 0.333 e. The molecular formula is C23H26FN7O4S. The number of hydrogen-bond acceptors (Lipinski definition) is 6. The van der Waals surface area contributed by atoms with E-state index in [1.807, 2.05) is 11.5 Å². The van der Waals surface area contributed by atoms with E-state index in [4.69, 9.17) is 0 Å². The van der Waals surface area contributed by atoms with E-state index < -0.39 is 33.5 Å². The van der Waals surface area contributed by atoms with Crippen LogP contribution in [0.5, 0.6) is 0 Å². The first-order valence-electron chi connectivity index (χ1n) is 11.5. The molecule has 1 fully saturated rings. The Kier molecular flexibility index (Phi) is 5.91. The predicted octanol–water partition coefficient (Wildman–Crippen LogP) is 0.990. The van der Waals surface area contributed by atoms with Gasteiger partial charge in [-0.15, -0.1) is 0 Å². The third-order valence-corrected chi connectivity index (χ3v) is 8.10. The Balaban J connectivity index is 1.68. The standard InChI is InChI=1S/C23H26FN7O4S/c1-3-29-15-25-10-17(29)13-30-20-5-4-18(36(34,35)27-23(14-24)6-7-23)8-19(20)21(32)31(22(30)33)12-16-9-26-28(2)11-16/h4-5,8-11,15,27H,3,6-7,12-14H2,1-2H3. The Bertz CT molecular complexity index is 1680. The molecule has 11 nitrogen and oxygen atoms in total. The van der Waals surface area contributed by atoms with E-state index in [2.05, 4.69) is 14.8 Å². The number of sulfonamides is 1. The number of nitrogens with one attached hydrogen (secondary N) is 1. The molecule has 5 rings (SSSR count). The number of benzene rings is 1. The van der Waals surface area contributed by atoms with Crippen LogP contribution >= 0.6 is 0 Å². The molecule has 0 radical (unpaired) electrons. The first-order chi connectivity index (χ1) is 17.2. The van der Waals surface area contributed by atoms with Crippen LogP contribution in [0.15, 0.2) is 57.6 Å². The molecule has 0 saturated heterocycles. The molecule has 13 heteroatoms. The zero-order valence-electron chi connectivity index (χ0n) is 19.9. The van der Waals surface area contributed by atoms with Gasteiger partial charge in [-0.1, -0.05) is 0 Å². The SMILES string of the molecule is CCn1cncc1Cn1c(=O)n(Cc2cnn(C)c2)c(=O)c2cc(S(=O)(=O)NC3(CF)CC3)ccc21. The van der Waals surface area contributed by atoms with E-state index in [0.29, 0.717) is 30.5 Å². The normalized spacial score (nSPS) is 15.0. The van der Waals surface area contributed by atoms with Crippen LogP contribution in [-0.4, -0.2) is 49.1 Å². The summed E-state index contributed by atoms with van der Waals surface area (Å²) in [6, 6.07) is 4.03. The molecule has 3 aromatic heterocycles. The number of imidazole rings is 1. The molecule has 0 amide bonds. The van der Waals surface area contributed by atoms with E-state index >= 15 is 0 Å². The lowest BCUT2D eigenvalue weighted by Crippen LogP contribution is -2.41. The number of rotatable bonds is 9. The minimum atomic E-state index is -4.08. The second-order valence-electron chi connectivity index (χ2n) is 9.15. The van der Waals surface area contributed by atoms with E-state index in [1.165, 1.54) is 22.8 Å². The van der Waals surface area contributed by atoms with Gasteiger partial charge in [0.15, 0.2) is 0 Å². The number of nitrogens with zero attached hydrogens (tertiary/aromatic N) is 6. The molecule has 1 aromatic carbocycles. The maximum absolute atomic E-state index is 13.6. The van der Waals surface area contributed by atoms with Gasteiger partial charge in [0.2, 0.25) is 10.0 Å². The molecule has 4 aromatic rings. The highest BCUT2D eigenvalue weighted by molar-refractivity contribution is 7.89. The third kappa shape index (κ3) is 4.28. The Morgan fingerprint density at radius 1 is 1.14 bits per heavy atom. The summed E-state index contributed by atoms with van der Waals surface area (Å²) in [5.41, 5.74) is -0.547. The molecule has 3 heterocycles. The van der Waals surface area contributed by atoms with Crippen molar-refractivity contribution in [1.82, 2.24) is 33.2 Å². The van der Waals surface area contributed by atoms with Gasteiger partial charge in [-0.2, -0.15) is 5.10 Å². The first-order valence-corrected chi connectivity index (χ1v) is 13.0. The second kappa shape index (κ2) is 8.82. The summed E-state index contributed by atoms with van der Waals surface area (Å²) in [5.74, 6) is 0. The molecule has 0 aliphatic heterocycles. The topological polar surface area (TPSA) is 126 Å². The van der Waals surface area contributed by atoms with Crippen LogP contribution in [-0.2, 0) is 36.7 Å². The van der Waals surface area contributed by atoms with Crippen molar-refractivity contribution < 1.29 is 12.8 Å². The van der Waals surface area contributed by atoms with Crippen molar-refractivity contribution in [3.8, 4) is 0 Å². The molecule has 36 heavy (non-hydrogen) atoms. The first kappa shape index (κ1) is 24.1. The van der Waals surface area contributed by atoms with Gasteiger partial charge in [0.1, 0.15) is 6.67 Å². The Morgan fingerprint density at radius 2 is 1.92 bits per heavy atom. The fraction of sp³-hybridized carbons (Fsp3) is 0.391. The molecular weight excluding hydrogens is 489 g/mol. The van der Waals surface area contributed by atoms with E-state index in [9.17, 15) is 22.4 Å². The van der Waals surface area contributed by atoms with Crippen molar-refractivity contribution in [2.24, 2.45) is 7.05 Å². The average molecular weight is 516 g/mol. The van der Waals surface area contributed by atoms with Crippen molar-refractivity contribution in [2.45, 2.75) is 49.8 Å². The fourth-order valence-electron chi connectivity index (χ4n) is 4.28. The summed E-state index contributed by atoms with van der Waals surface area (Å²) in [7, 11) is -2.35. The molecule has 0 unspecified atom stereocenters. The summed E-state index contributed by atoms with van der Waals surface area (Å²) < 4.78 is 47.7. The van der Waals surface area contributed by atoms with Crippen molar-refractivity contribution in [3.63, 3.8) is 0 Å². The molecule has 0 atom stereocenters. The number of alkyl halides is 1. The number of hydrogen-bond donors (Lipinski definition) is 1. The zero-order chi connectivity index (χ0) is 25.7. The van der Waals surface area contributed by atoms with Gasteiger partial charge in [0, 0.05) is 31.5 Å². The number of fused-ring (bicyclic) bond motifs is 1. The maximum atomic E-state index is 13.6. The molecule has 1 aliphatic rings. The second-order valence-corrected chi connectivity index (χ2v) is 10.8. The molecule has 1 saturated carbocycles. The van der Waals surface area contributed by atoms with Gasteiger partial charge in [-0.3, -0.25) is 18.6 Å². The lowest BCUT2D eigenvalue weighted by atomic mass is 10.2. The average Bonchev–Trinajstić information content (AvgIpc) is 3.26. The van der Waals surface area contributed by atoms with Gasteiger partial charge in [-0.25, -0.2) is 27.3 Å². The van der Waals surface area contributed by atoms with Gasteiger partial charge in [0.25, 0.3) is 5.56 Å². The van der Waals surface area contributed by atoms with Crippen LogP contribution in [0.4, 0.5) is 4.39 Å². The van der Waals surface area contributed by atoms with Crippen LogP contribution in [0.25, 0.3) is 10.9 Å². The van der Waals surface area contributed by atoms with Crippen molar-refractivity contribution in [1.29, 1.82) is 0 Å². The van der Waals surface area contributed by atoms with Crippen LogP contribution in [0, 0.1) is 0 Å². The lowest BCUT2D eigenvalue weighted by Gasteiger charge is -2.17. The number of aromatic nitrogens is 6. The highest BCUT2D eigenvalue weighted by atomic mass is 32.2. The van der Waals surface area contributed by atoms with Crippen LogP contribution in [0.3, 0.4) is 0 Å². The fourth-order valence-corrected chi connectivity index (χ4v) is 5.75. The maximum Gasteiger partial charge on any atom is 0.332 e. The van der Waals surface area contributed by atoms with Crippen molar-refractivity contribution in [2.75, 3.05) is 6.67 Å². The lowest BCUT2D eigenvalue weighted by molar-refractivity contribution is 0.393. The minimum Gasteiger partial charge on any atom is -0.333 e. The van der Waals surface area contributed by atoms with Crippen LogP contribution < -0.4 is 16.0 Å². The Morgan fingerprint density at radius 3 is 2.56 bits per heavy atom. The summed E-state index contributed by atoms with van der Waals surface area (Å²) in [4.78, 5) is 31.0. The van der Waals surface area contributed by atoms with Crippen LogP contribution in [0.2, 0.25) is 0 Å². The van der Waals surface area contributed by atoms with Crippen LogP contribution in [0.1, 0.15) is 31.0 Å². The van der Waals surface area contributed by atoms with E-state index in [-0.39, 0.29) is 23.4 Å². The van der Waals surface area contributed by atoms with Gasteiger partial charge >= 0.3 is 5.69 Å². The number of aryl methyl sites for hydroxylation is 2. The Labute approximate surface area is 205 Å². The quantitative estimate of drug-likeness (QED) is 0.354. The third-order valence-electron chi connectivity index (χ3n) is 6.53. The van der Waals surface area contributed by atoms with E-state index in [0.717, 1.165) is 10.3 Å². The number of halogens is 1. The summed E-state index contributed by atoms with van der Waals surface area (Å²) in [6.45, 7) is 1.88. The van der Waals surface area contributed by atoms with Gasteiger partial charge in [-0.05, 0) is 38.0 Å². The van der Waals surface area contributed by atoms with Gasteiger partial charge < -0.3 is 4.57 Å². The molecule has 0 spiro atoms. The highest BCUT2D eigenvalue weighted by Crippen LogP contribution is 2.37. The Hall–Kier alpha value is -3.58. The summed E-state index contributed by atoms with van der Waals surface area (Å²) in [6.07, 6.45) is 7.39. The van der Waals surface area contributed by atoms with Crippen molar-refractivity contribution >= 4 is 20.9 Å². The van der Waals surface area contributed by atoms with Gasteiger partial charge in [0.05, 0.1) is 52.6 Å².